The van der Waals surface area contributed by atoms with E-state index in [1.165, 1.54) is 12.1 Å². The third kappa shape index (κ3) is 3.29. The van der Waals surface area contributed by atoms with Crippen molar-refractivity contribution in [2.75, 3.05) is 4.72 Å². The molecule has 2 rings (SSSR count). The van der Waals surface area contributed by atoms with Crippen LogP contribution in [0, 0.1) is 17.0 Å². The van der Waals surface area contributed by atoms with Gasteiger partial charge >= 0.3 is 0 Å². The molecule has 2 aromatic rings. The molecule has 110 valence electrons. The Labute approximate surface area is 121 Å². The van der Waals surface area contributed by atoms with Gasteiger partial charge in [-0.05, 0) is 30.7 Å². The smallest absolute Gasteiger partial charge is 0.273 e. The number of phenolic OH excluding ortho intramolecular Hbond substituents is 1. The molecule has 0 aliphatic rings. The number of benzene rings is 2. The highest BCUT2D eigenvalue weighted by molar-refractivity contribution is 7.92. The molecule has 0 saturated heterocycles. The van der Waals surface area contributed by atoms with Crippen LogP contribution in [0.25, 0.3) is 0 Å². The fourth-order valence-corrected chi connectivity index (χ4v) is 2.88. The quantitative estimate of drug-likeness (QED) is 0.512. The van der Waals surface area contributed by atoms with Crippen molar-refractivity contribution in [1.29, 1.82) is 0 Å². The van der Waals surface area contributed by atoms with Crippen LogP contribution in [0.1, 0.15) is 5.56 Å². The highest BCUT2D eigenvalue weighted by Gasteiger charge is 2.18. The molecule has 0 amide bonds. The lowest BCUT2D eigenvalue weighted by atomic mass is 10.2. The van der Waals surface area contributed by atoms with Gasteiger partial charge in [-0.3, -0.25) is 14.8 Å². The van der Waals surface area contributed by atoms with E-state index in [1.807, 2.05) is 0 Å². The monoisotopic (exact) mass is 308 g/mol. The second-order valence-corrected chi connectivity index (χ2v) is 6.06. The SMILES string of the molecule is Cc1cccc(S(=O)(=O)Nc2ccc([N+](=O)[O-])cc2O)c1. The van der Waals surface area contributed by atoms with E-state index in [0.29, 0.717) is 0 Å². The minimum atomic E-state index is -3.87. The van der Waals surface area contributed by atoms with Gasteiger partial charge in [0, 0.05) is 6.07 Å². The maximum atomic E-state index is 12.2. The van der Waals surface area contributed by atoms with Crippen LogP contribution in [0.15, 0.2) is 47.4 Å². The molecule has 0 saturated carbocycles. The lowest BCUT2D eigenvalue weighted by Gasteiger charge is -2.10. The number of rotatable bonds is 4. The number of aromatic hydroxyl groups is 1. The summed E-state index contributed by atoms with van der Waals surface area (Å²) in [5.41, 5.74) is 0.318. The van der Waals surface area contributed by atoms with E-state index < -0.39 is 20.7 Å². The summed E-state index contributed by atoms with van der Waals surface area (Å²) in [7, 11) is -3.87. The highest BCUT2D eigenvalue weighted by atomic mass is 32.2. The Balaban J connectivity index is 2.35. The number of nitrogens with zero attached hydrogens (tertiary/aromatic N) is 1. The summed E-state index contributed by atoms with van der Waals surface area (Å²) < 4.78 is 26.5. The van der Waals surface area contributed by atoms with Crippen LogP contribution in [0.2, 0.25) is 0 Å². The fraction of sp³-hybridized carbons (Fsp3) is 0.0769. The molecular formula is C13H12N2O5S. The van der Waals surface area contributed by atoms with Crippen LogP contribution >= 0.6 is 0 Å². The lowest BCUT2D eigenvalue weighted by Crippen LogP contribution is -2.13. The number of aryl methyl sites for hydroxylation is 1. The molecule has 0 unspecified atom stereocenters. The number of hydrogen-bond donors (Lipinski definition) is 2. The van der Waals surface area contributed by atoms with Gasteiger partial charge in [-0.1, -0.05) is 12.1 Å². The zero-order chi connectivity index (χ0) is 15.6. The number of anilines is 1. The van der Waals surface area contributed by atoms with Gasteiger partial charge in [0.25, 0.3) is 15.7 Å². The molecule has 0 radical (unpaired) electrons. The number of nitro groups is 1. The first-order chi connectivity index (χ1) is 9.79. The van der Waals surface area contributed by atoms with Crippen molar-refractivity contribution in [1.82, 2.24) is 0 Å². The third-order valence-corrected chi connectivity index (χ3v) is 4.10. The molecule has 7 nitrogen and oxygen atoms in total. The molecular weight excluding hydrogens is 296 g/mol. The Kier molecular flexibility index (Phi) is 3.81. The minimum Gasteiger partial charge on any atom is -0.505 e. The normalized spacial score (nSPS) is 11.1. The van der Waals surface area contributed by atoms with Crippen molar-refractivity contribution < 1.29 is 18.4 Å². The van der Waals surface area contributed by atoms with Gasteiger partial charge in [0.2, 0.25) is 0 Å². The predicted molar refractivity (Wildman–Crippen MR) is 76.7 cm³/mol. The Morgan fingerprint density at radius 1 is 1.19 bits per heavy atom. The van der Waals surface area contributed by atoms with Crippen molar-refractivity contribution in [3.63, 3.8) is 0 Å². The van der Waals surface area contributed by atoms with Crippen LogP contribution in [0.4, 0.5) is 11.4 Å². The Bertz CT molecular complexity index is 802. The fourth-order valence-electron chi connectivity index (χ4n) is 1.71. The molecule has 2 aromatic carbocycles. The van der Waals surface area contributed by atoms with E-state index in [2.05, 4.69) is 4.72 Å². The molecule has 2 N–H and O–H groups in total. The summed E-state index contributed by atoms with van der Waals surface area (Å²) in [6.45, 7) is 1.75. The Morgan fingerprint density at radius 3 is 2.48 bits per heavy atom. The Hall–Kier alpha value is -2.61. The van der Waals surface area contributed by atoms with E-state index >= 15 is 0 Å². The first-order valence-corrected chi connectivity index (χ1v) is 7.35. The second kappa shape index (κ2) is 5.41. The average molecular weight is 308 g/mol. The molecule has 0 spiro atoms. The van der Waals surface area contributed by atoms with Gasteiger partial charge < -0.3 is 5.11 Å². The van der Waals surface area contributed by atoms with Crippen molar-refractivity contribution in [3.8, 4) is 5.75 Å². The minimum absolute atomic E-state index is 0.0419. The molecule has 0 aromatic heterocycles. The van der Waals surface area contributed by atoms with Crippen LogP contribution in [-0.4, -0.2) is 18.4 Å². The standard InChI is InChI=1S/C13H12N2O5S/c1-9-3-2-4-11(7-9)21(19,20)14-12-6-5-10(15(17)18)8-13(12)16/h2-8,14,16H,1H3. The third-order valence-electron chi connectivity index (χ3n) is 2.74. The van der Waals surface area contributed by atoms with Gasteiger partial charge in [-0.15, -0.1) is 0 Å². The first kappa shape index (κ1) is 14.8. The number of phenols is 1. The van der Waals surface area contributed by atoms with Crippen LogP contribution in [0.3, 0.4) is 0 Å². The van der Waals surface area contributed by atoms with Crippen molar-refractivity contribution in [2.45, 2.75) is 11.8 Å². The molecule has 8 heteroatoms. The van der Waals surface area contributed by atoms with Crippen LogP contribution in [0.5, 0.6) is 5.75 Å². The van der Waals surface area contributed by atoms with E-state index in [0.717, 1.165) is 23.8 Å². The largest absolute Gasteiger partial charge is 0.505 e. The summed E-state index contributed by atoms with van der Waals surface area (Å²) in [4.78, 5) is 9.92. The van der Waals surface area contributed by atoms with Crippen molar-refractivity contribution in [3.05, 3.63) is 58.1 Å². The maximum Gasteiger partial charge on any atom is 0.273 e. The summed E-state index contributed by atoms with van der Waals surface area (Å²) in [5.74, 6) is -0.513. The summed E-state index contributed by atoms with van der Waals surface area (Å²) >= 11 is 0. The zero-order valence-corrected chi connectivity index (χ0v) is 11.8. The summed E-state index contributed by atoms with van der Waals surface area (Å²) in [6, 6.07) is 9.37. The zero-order valence-electron chi connectivity index (χ0n) is 11.0. The number of non-ortho nitro benzene ring substituents is 1. The molecule has 0 aliphatic carbocycles. The average Bonchev–Trinajstić information content (AvgIpc) is 2.40. The number of nitrogens with one attached hydrogen (secondary N) is 1. The topological polar surface area (TPSA) is 110 Å². The second-order valence-electron chi connectivity index (χ2n) is 4.38. The molecule has 21 heavy (non-hydrogen) atoms. The predicted octanol–water partition coefficient (Wildman–Crippen LogP) is 2.41. The van der Waals surface area contributed by atoms with E-state index in [9.17, 15) is 23.6 Å². The van der Waals surface area contributed by atoms with Crippen LogP contribution in [-0.2, 0) is 10.0 Å². The van der Waals surface area contributed by atoms with Gasteiger partial charge in [-0.25, -0.2) is 8.42 Å². The van der Waals surface area contributed by atoms with Crippen molar-refractivity contribution in [2.24, 2.45) is 0 Å². The molecule has 0 aliphatic heterocycles. The van der Waals surface area contributed by atoms with Gasteiger partial charge in [-0.2, -0.15) is 0 Å². The highest BCUT2D eigenvalue weighted by Crippen LogP contribution is 2.29. The van der Waals surface area contributed by atoms with Crippen molar-refractivity contribution >= 4 is 21.4 Å². The number of nitro benzene ring substituents is 1. The Morgan fingerprint density at radius 2 is 1.90 bits per heavy atom. The van der Waals surface area contributed by atoms with E-state index in [-0.39, 0.29) is 16.3 Å². The maximum absolute atomic E-state index is 12.2. The number of hydrogen-bond acceptors (Lipinski definition) is 5. The molecule has 0 heterocycles. The lowest BCUT2D eigenvalue weighted by molar-refractivity contribution is -0.384. The molecule has 0 fully saturated rings. The van der Waals surface area contributed by atoms with Gasteiger partial charge in [0.15, 0.2) is 0 Å². The van der Waals surface area contributed by atoms with Crippen LogP contribution < -0.4 is 4.72 Å². The van der Waals surface area contributed by atoms with E-state index in [1.54, 1.807) is 19.1 Å². The first-order valence-electron chi connectivity index (χ1n) is 5.86. The molecule has 0 bridgehead atoms. The van der Waals surface area contributed by atoms with Gasteiger partial charge in [0.1, 0.15) is 5.75 Å². The summed E-state index contributed by atoms with van der Waals surface area (Å²) in [6.07, 6.45) is 0. The van der Waals surface area contributed by atoms with Gasteiger partial charge in [0.05, 0.1) is 21.6 Å². The van der Waals surface area contributed by atoms with E-state index in [4.69, 9.17) is 0 Å². The summed E-state index contributed by atoms with van der Waals surface area (Å²) in [5, 5.41) is 20.2. The molecule has 0 atom stereocenters. The number of sulfonamides is 1.